The maximum atomic E-state index is 2.73. The average Bonchev–Trinajstić information content (AvgIpc) is 3.14. The second-order valence-electron chi connectivity index (χ2n) is 10.6. The Morgan fingerprint density at radius 1 is 0.600 bits per heavy atom. The van der Waals surface area contributed by atoms with Crippen LogP contribution in [0.4, 0.5) is 0 Å². The summed E-state index contributed by atoms with van der Waals surface area (Å²) in [5, 5.41) is 0. The third kappa shape index (κ3) is 3.61. The monoisotopic (exact) mass is 534 g/mol. The van der Waals surface area contributed by atoms with Crippen LogP contribution in [0.15, 0.2) is 35.4 Å². The van der Waals surface area contributed by atoms with Crippen molar-refractivity contribution in [1.82, 2.24) is 0 Å². The predicted molar refractivity (Wildman–Crippen MR) is 125 cm³/mol. The van der Waals surface area contributed by atoms with E-state index in [4.69, 9.17) is 0 Å². The molecule has 0 heterocycles. The van der Waals surface area contributed by atoms with Crippen LogP contribution in [0.1, 0.15) is 65.6 Å². The van der Waals surface area contributed by atoms with Crippen LogP contribution in [0.3, 0.4) is 0 Å². The van der Waals surface area contributed by atoms with Gasteiger partial charge in [0.2, 0.25) is 0 Å². The van der Waals surface area contributed by atoms with Crippen molar-refractivity contribution in [2.24, 2.45) is 0 Å². The summed E-state index contributed by atoms with van der Waals surface area (Å²) in [6.07, 6.45) is 5.02. The molecule has 2 aliphatic carbocycles. The Morgan fingerprint density at radius 3 is 1.23 bits per heavy atom. The number of halogens is 2. The third-order valence-corrected chi connectivity index (χ3v) is 25.4. The molecule has 0 nitrogen and oxygen atoms in total. The van der Waals surface area contributed by atoms with Gasteiger partial charge in [0.05, 0.1) is 0 Å². The summed E-state index contributed by atoms with van der Waals surface area (Å²) in [7, 11) is 0. The molecule has 0 aliphatic heterocycles. The Hall–Kier alpha value is -0.400. The Labute approximate surface area is 197 Å². The molecule has 4 rings (SSSR count). The van der Waals surface area contributed by atoms with Crippen molar-refractivity contribution >= 4 is 19.0 Å². The quantitative estimate of drug-likeness (QED) is 0.500. The molecule has 0 saturated heterocycles. The molecule has 2 aromatic carbocycles. The summed E-state index contributed by atoms with van der Waals surface area (Å²) in [6, 6.07) is 9.30. The fraction of sp³-hybridized carbons (Fsp3) is 0.385. The van der Waals surface area contributed by atoms with Crippen molar-refractivity contribution in [3.63, 3.8) is 0 Å². The molecular formula is C26H34Cl2SiZr. The van der Waals surface area contributed by atoms with Crippen LogP contribution in [0.25, 0.3) is 12.2 Å². The minimum atomic E-state index is -3.31. The average molecular weight is 537 g/mol. The molecule has 160 valence electrons. The summed E-state index contributed by atoms with van der Waals surface area (Å²) < 4.78 is 6.73. The van der Waals surface area contributed by atoms with Gasteiger partial charge in [0.25, 0.3) is 0 Å². The van der Waals surface area contributed by atoms with Crippen LogP contribution >= 0.6 is 0 Å². The topological polar surface area (TPSA) is 0 Å². The zero-order valence-electron chi connectivity index (χ0n) is 19.6. The second kappa shape index (κ2) is 8.18. The van der Waals surface area contributed by atoms with E-state index >= 15 is 0 Å². The second-order valence-corrected chi connectivity index (χ2v) is 41.1. The van der Waals surface area contributed by atoms with E-state index in [1.54, 1.807) is 22.3 Å². The summed E-state index contributed by atoms with van der Waals surface area (Å²) in [4.78, 5) is 0. The normalized spacial score (nSPS) is 19.1. The van der Waals surface area contributed by atoms with Crippen LogP contribution in [-0.4, -0.2) is 6.88 Å². The molecule has 0 aromatic heterocycles. The molecule has 2 atom stereocenters. The first-order chi connectivity index (χ1) is 12.9. The molecule has 0 radical (unpaired) electrons. The minimum absolute atomic E-state index is 0. The molecule has 0 amide bonds. The number of hydrogen-bond acceptors (Lipinski definition) is 0. The van der Waals surface area contributed by atoms with E-state index in [-0.39, 0.29) is 24.8 Å². The number of aryl methyl sites for hydroxylation is 4. The summed E-state index contributed by atoms with van der Waals surface area (Å²) in [6.45, 7) is 16.4. The first-order valence-electron chi connectivity index (χ1n) is 10.6. The van der Waals surface area contributed by atoms with Gasteiger partial charge in [0.15, 0.2) is 0 Å². The molecule has 0 N–H and O–H groups in total. The van der Waals surface area contributed by atoms with Crippen molar-refractivity contribution in [2.45, 2.75) is 58.1 Å². The van der Waals surface area contributed by atoms with Gasteiger partial charge in [-0.3, -0.25) is 0 Å². The van der Waals surface area contributed by atoms with Gasteiger partial charge in [-0.05, 0) is 0 Å². The van der Waals surface area contributed by atoms with Gasteiger partial charge < -0.3 is 24.8 Å². The Kier molecular flexibility index (Phi) is 7.05. The zero-order valence-corrected chi connectivity index (χ0v) is 25.0. The van der Waals surface area contributed by atoms with Gasteiger partial charge in [-0.1, -0.05) is 0 Å². The first-order valence-corrected chi connectivity index (χ1v) is 24.2. The molecule has 0 fully saturated rings. The van der Waals surface area contributed by atoms with Gasteiger partial charge >= 0.3 is 174 Å². The molecule has 30 heavy (non-hydrogen) atoms. The molecule has 2 aliphatic rings. The number of rotatable bonds is 2. The van der Waals surface area contributed by atoms with E-state index < -0.39 is 17.4 Å². The maximum Gasteiger partial charge on any atom is -1.00 e. The number of fused-ring (bicyclic) bond motifs is 2. The summed E-state index contributed by atoms with van der Waals surface area (Å²) in [5.74, 6) is 0. The Morgan fingerprint density at radius 2 is 0.900 bits per heavy atom. The van der Waals surface area contributed by atoms with Crippen molar-refractivity contribution < 1.29 is 42.2 Å². The summed E-state index contributed by atoms with van der Waals surface area (Å²) in [5.41, 5.74) is 15.4. The summed E-state index contributed by atoms with van der Waals surface area (Å²) >= 11 is -3.31. The van der Waals surface area contributed by atoms with Crippen molar-refractivity contribution in [3.05, 3.63) is 79.9 Å². The van der Waals surface area contributed by atoms with Crippen LogP contribution in [-0.2, 0) is 17.4 Å². The molecule has 0 spiro atoms. The molecular weight excluding hydrogens is 503 g/mol. The SMILES string of the molecule is CC1=Cc2c(C)ccc(C)c2[CH]1[Zr+2]([CH3])([CH3])(=[SiH2])[CH]1C(C)=Cc2c(C)ccc(C)c21.[Cl-].[Cl-]. The van der Waals surface area contributed by atoms with Gasteiger partial charge in [-0.25, -0.2) is 0 Å². The minimum Gasteiger partial charge on any atom is -1.00 e. The molecule has 4 heteroatoms. The molecule has 0 bridgehead atoms. The van der Waals surface area contributed by atoms with E-state index in [9.17, 15) is 0 Å². The largest absolute Gasteiger partial charge is 1.00 e. The van der Waals surface area contributed by atoms with Crippen LogP contribution in [0.5, 0.6) is 0 Å². The van der Waals surface area contributed by atoms with E-state index in [1.807, 2.05) is 0 Å². The standard InChI is InChI=1S/2C12H13.2CH3.2ClH.H2Si.Zr/c2*1-8-6-11-9(2)4-5-10(3)12(11)7-8;;;;;;/h2*4-7H,1-3H3;2*1H3;2*1H;1H2;/q;;;;;;;+2/p-2. The molecule has 2 unspecified atom stereocenters. The van der Waals surface area contributed by atoms with E-state index in [1.165, 1.54) is 33.4 Å². The predicted octanol–water partition coefficient (Wildman–Crippen LogP) is 0.878. The van der Waals surface area contributed by atoms with Gasteiger partial charge in [-0.2, -0.15) is 0 Å². The van der Waals surface area contributed by atoms with Crippen molar-refractivity contribution in [3.8, 4) is 0 Å². The van der Waals surface area contributed by atoms with E-state index in [0.29, 0.717) is 7.25 Å². The number of allylic oxidation sites excluding steroid dienone is 2. The fourth-order valence-electron chi connectivity index (χ4n) is 6.55. The molecule has 0 saturated carbocycles. The van der Waals surface area contributed by atoms with Gasteiger partial charge in [0, 0.05) is 0 Å². The zero-order chi connectivity index (χ0) is 20.6. The molecule has 2 aromatic rings. The number of hydrogen-bond donors (Lipinski definition) is 0. The maximum absolute atomic E-state index is 3.31. The van der Waals surface area contributed by atoms with Gasteiger partial charge in [0.1, 0.15) is 0 Å². The number of benzene rings is 2. The smallest absolute Gasteiger partial charge is 1.00 e. The van der Waals surface area contributed by atoms with Crippen LogP contribution < -0.4 is 24.8 Å². The van der Waals surface area contributed by atoms with E-state index in [0.717, 1.165) is 0 Å². The fourth-order valence-corrected chi connectivity index (χ4v) is 27.9. The van der Waals surface area contributed by atoms with Gasteiger partial charge in [-0.15, -0.1) is 0 Å². The Balaban J connectivity index is 0.00000160. The first kappa shape index (κ1) is 25.9. The van der Waals surface area contributed by atoms with Crippen LogP contribution in [0.2, 0.25) is 9.26 Å². The van der Waals surface area contributed by atoms with Crippen molar-refractivity contribution in [1.29, 1.82) is 0 Å². The Bertz CT molecular complexity index is 1080. The third-order valence-electron chi connectivity index (χ3n) is 7.57. The van der Waals surface area contributed by atoms with E-state index in [2.05, 4.69) is 94.1 Å². The van der Waals surface area contributed by atoms with Crippen LogP contribution in [0, 0.1) is 27.7 Å². The van der Waals surface area contributed by atoms with Crippen molar-refractivity contribution in [2.75, 3.05) is 0 Å².